The number of thioether (sulfide) groups is 1. The molecule has 1 aromatic rings. The summed E-state index contributed by atoms with van der Waals surface area (Å²) in [6.45, 7) is 5.24. The average Bonchev–Trinajstić information content (AvgIpc) is 2.38. The molecule has 4 nitrogen and oxygen atoms in total. The molecule has 0 N–H and O–H groups in total. The lowest BCUT2D eigenvalue weighted by Gasteiger charge is -2.22. The predicted molar refractivity (Wildman–Crippen MR) is 85.2 cm³/mol. The van der Waals surface area contributed by atoms with Crippen molar-refractivity contribution in [2.24, 2.45) is 0 Å². The Balaban J connectivity index is 2.36. The van der Waals surface area contributed by atoms with Crippen LogP contribution < -0.4 is 0 Å². The second-order valence-corrected chi connectivity index (χ2v) is 7.00. The first-order chi connectivity index (χ1) is 10.2. The molecule has 6 heteroatoms. The van der Waals surface area contributed by atoms with E-state index in [-0.39, 0.29) is 24.7 Å². The average molecular weight is 327 g/mol. The molecule has 22 heavy (non-hydrogen) atoms. The molecular weight excluding hydrogens is 305 g/mol. The number of halogens is 1. The number of hydrogen-bond acceptors (Lipinski definition) is 4. The summed E-state index contributed by atoms with van der Waals surface area (Å²) < 4.78 is 18.6. The first-order valence-corrected chi connectivity index (χ1v) is 8.01. The Labute approximate surface area is 135 Å². The summed E-state index contributed by atoms with van der Waals surface area (Å²) in [6.07, 6.45) is 0.234. The van der Waals surface area contributed by atoms with Crippen LogP contribution in [0.4, 0.5) is 4.39 Å². The van der Waals surface area contributed by atoms with E-state index in [9.17, 15) is 14.0 Å². The van der Waals surface area contributed by atoms with Crippen molar-refractivity contribution in [3.8, 4) is 0 Å². The van der Waals surface area contributed by atoms with Crippen LogP contribution in [0.5, 0.6) is 0 Å². The van der Waals surface area contributed by atoms with Gasteiger partial charge in [0.05, 0.1) is 0 Å². The SMILES string of the molecule is CN(CC(=O)OC(C)(C)C)C(=O)CCSc1ccccc1F. The first kappa shape index (κ1) is 18.5. The molecule has 0 bridgehead atoms. The quantitative estimate of drug-likeness (QED) is 0.595. The number of benzene rings is 1. The molecule has 0 radical (unpaired) electrons. The monoisotopic (exact) mass is 327 g/mol. The minimum atomic E-state index is -0.568. The van der Waals surface area contributed by atoms with Gasteiger partial charge in [-0.1, -0.05) is 12.1 Å². The molecule has 0 aliphatic heterocycles. The van der Waals surface area contributed by atoms with Gasteiger partial charge in [-0.25, -0.2) is 4.39 Å². The van der Waals surface area contributed by atoms with Gasteiger partial charge in [0.2, 0.25) is 5.91 Å². The standard InChI is InChI=1S/C16H22FNO3S/c1-16(2,3)21-15(20)11-18(4)14(19)9-10-22-13-8-6-5-7-12(13)17/h5-8H,9-11H2,1-4H3. The lowest BCUT2D eigenvalue weighted by atomic mass is 10.2. The fourth-order valence-corrected chi connectivity index (χ4v) is 2.53. The molecule has 0 saturated carbocycles. The maximum atomic E-state index is 13.4. The van der Waals surface area contributed by atoms with Crippen LogP contribution in [0.1, 0.15) is 27.2 Å². The Bertz CT molecular complexity index is 528. The summed E-state index contributed by atoms with van der Waals surface area (Å²) in [6, 6.07) is 6.44. The second kappa shape index (κ2) is 8.17. The van der Waals surface area contributed by atoms with Crippen LogP contribution in [0.15, 0.2) is 29.2 Å². The van der Waals surface area contributed by atoms with Gasteiger partial charge < -0.3 is 9.64 Å². The highest BCUT2D eigenvalue weighted by molar-refractivity contribution is 7.99. The maximum absolute atomic E-state index is 13.4. The molecular formula is C16H22FNO3S. The fourth-order valence-electron chi connectivity index (χ4n) is 1.66. The van der Waals surface area contributed by atoms with Crippen LogP contribution in [0.2, 0.25) is 0 Å². The smallest absolute Gasteiger partial charge is 0.326 e. The van der Waals surface area contributed by atoms with E-state index in [4.69, 9.17) is 4.74 Å². The number of carbonyl (C=O) groups excluding carboxylic acids is 2. The van der Waals surface area contributed by atoms with E-state index in [0.717, 1.165) is 0 Å². The fraction of sp³-hybridized carbons (Fsp3) is 0.500. The molecule has 1 aromatic carbocycles. The number of rotatable bonds is 6. The molecule has 1 amide bonds. The summed E-state index contributed by atoms with van der Waals surface area (Å²) in [5.74, 6) is -0.444. The zero-order valence-corrected chi connectivity index (χ0v) is 14.2. The lowest BCUT2D eigenvalue weighted by molar-refractivity contribution is -0.158. The van der Waals surface area contributed by atoms with Crippen molar-refractivity contribution in [3.05, 3.63) is 30.1 Å². The zero-order chi connectivity index (χ0) is 16.8. The van der Waals surface area contributed by atoms with Gasteiger partial charge in [-0.3, -0.25) is 9.59 Å². The van der Waals surface area contributed by atoms with E-state index >= 15 is 0 Å². The van der Waals surface area contributed by atoms with E-state index in [2.05, 4.69) is 0 Å². The molecule has 0 spiro atoms. The highest BCUT2D eigenvalue weighted by atomic mass is 32.2. The largest absolute Gasteiger partial charge is 0.459 e. The van der Waals surface area contributed by atoms with Crippen molar-refractivity contribution in [1.82, 2.24) is 4.90 Å². The van der Waals surface area contributed by atoms with Gasteiger partial charge in [-0.15, -0.1) is 11.8 Å². The number of esters is 1. The van der Waals surface area contributed by atoms with Crippen molar-refractivity contribution in [3.63, 3.8) is 0 Å². The number of hydrogen-bond donors (Lipinski definition) is 0. The van der Waals surface area contributed by atoms with E-state index in [1.54, 1.807) is 46.0 Å². The number of carbonyl (C=O) groups is 2. The lowest BCUT2D eigenvalue weighted by Crippen LogP contribution is -2.36. The van der Waals surface area contributed by atoms with Gasteiger partial charge in [0.15, 0.2) is 0 Å². The molecule has 0 heterocycles. The Morgan fingerprint density at radius 2 is 1.91 bits per heavy atom. The van der Waals surface area contributed by atoms with Crippen molar-refractivity contribution < 1.29 is 18.7 Å². The molecule has 0 atom stereocenters. The molecule has 0 saturated heterocycles. The number of likely N-dealkylation sites (N-methyl/N-ethyl adjacent to an activating group) is 1. The van der Waals surface area contributed by atoms with Gasteiger partial charge in [0, 0.05) is 24.1 Å². The number of ether oxygens (including phenoxy) is 1. The van der Waals surface area contributed by atoms with Gasteiger partial charge in [-0.2, -0.15) is 0 Å². The minimum Gasteiger partial charge on any atom is -0.459 e. The van der Waals surface area contributed by atoms with Crippen molar-refractivity contribution in [2.75, 3.05) is 19.3 Å². The summed E-state index contributed by atoms with van der Waals surface area (Å²) in [5, 5.41) is 0. The summed E-state index contributed by atoms with van der Waals surface area (Å²) in [4.78, 5) is 25.4. The Kier molecular flexibility index (Phi) is 6.87. The summed E-state index contributed by atoms with van der Waals surface area (Å²) in [5.41, 5.74) is -0.568. The Hall–Kier alpha value is -1.56. The molecule has 1 rings (SSSR count). The van der Waals surface area contributed by atoms with E-state index in [0.29, 0.717) is 10.6 Å². The number of nitrogens with zero attached hydrogens (tertiary/aromatic N) is 1. The normalized spacial score (nSPS) is 11.1. The molecule has 0 aliphatic rings. The maximum Gasteiger partial charge on any atom is 0.326 e. The highest BCUT2D eigenvalue weighted by Gasteiger charge is 2.19. The third kappa shape index (κ3) is 6.93. The van der Waals surface area contributed by atoms with Gasteiger partial charge >= 0.3 is 5.97 Å². The number of amides is 1. The van der Waals surface area contributed by atoms with E-state index in [1.165, 1.54) is 22.7 Å². The van der Waals surface area contributed by atoms with Crippen LogP contribution in [0, 0.1) is 5.82 Å². The first-order valence-electron chi connectivity index (χ1n) is 7.02. The predicted octanol–water partition coefficient (Wildman–Crippen LogP) is 3.11. The summed E-state index contributed by atoms with van der Waals surface area (Å²) in [7, 11) is 1.56. The molecule has 0 aromatic heterocycles. The van der Waals surface area contributed by atoms with E-state index < -0.39 is 11.6 Å². The third-order valence-electron chi connectivity index (χ3n) is 2.62. The van der Waals surface area contributed by atoms with Gasteiger partial charge in [0.25, 0.3) is 0 Å². The second-order valence-electron chi connectivity index (χ2n) is 5.87. The van der Waals surface area contributed by atoms with Gasteiger partial charge in [0.1, 0.15) is 18.0 Å². The Morgan fingerprint density at radius 1 is 1.27 bits per heavy atom. The van der Waals surface area contributed by atoms with E-state index in [1.807, 2.05) is 0 Å². The molecule has 122 valence electrons. The van der Waals surface area contributed by atoms with Crippen LogP contribution in [0.3, 0.4) is 0 Å². The van der Waals surface area contributed by atoms with Crippen LogP contribution >= 0.6 is 11.8 Å². The van der Waals surface area contributed by atoms with Crippen molar-refractivity contribution in [2.45, 2.75) is 37.7 Å². The molecule has 0 aliphatic carbocycles. The third-order valence-corrected chi connectivity index (χ3v) is 3.67. The van der Waals surface area contributed by atoms with Crippen molar-refractivity contribution >= 4 is 23.6 Å². The van der Waals surface area contributed by atoms with Gasteiger partial charge in [-0.05, 0) is 32.9 Å². The van der Waals surface area contributed by atoms with Crippen LogP contribution in [-0.4, -0.2) is 41.7 Å². The highest BCUT2D eigenvalue weighted by Crippen LogP contribution is 2.21. The molecule has 0 unspecified atom stereocenters. The van der Waals surface area contributed by atoms with Crippen LogP contribution in [0.25, 0.3) is 0 Å². The van der Waals surface area contributed by atoms with Crippen molar-refractivity contribution in [1.29, 1.82) is 0 Å². The molecule has 0 fully saturated rings. The minimum absolute atomic E-state index is 0.0829. The Morgan fingerprint density at radius 3 is 2.50 bits per heavy atom. The zero-order valence-electron chi connectivity index (χ0n) is 13.4. The van der Waals surface area contributed by atoms with Crippen LogP contribution in [-0.2, 0) is 14.3 Å². The summed E-state index contributed by atoms with van der Waals surface area (Å²) >= 11 is 1.28. The topological polar surface area (TPSA) is 46.6 Å².